The first-order valence-corrected chi connectivity index (χ1v) is 5.53. The molecule has 2 N–H and O–H groups in total. The molecule has 0 aromatic heterocycles. The van der Waals surface area contributed by atoms with E-state index in [1.807, 2.05) is 0 Å². The number of rotatable bonds is 2. The highest BCUT2D eigenvalue weighted by molar-refractivity contribution is 9.10. The summed E-state index contributed by atoms with van der Waals surface area (Å²) in [4.78, 5) is 0. The van der Waals surface area contributed by atoms with Crippen molar-refractivity contribution in [2.45, 2.75) is 0 Å². The zero-order chi connectivity index (χ0) is 12.4. The largest absolute Gasteiger partial charge is 0.455 e. The van der Waals surface area contributed by atoms with Crippen molar-refractivity contribution in [3.63, 3.8) is 0 Å². The van der Waals surface area contributed by atoms with E-state index >= 15 is 0 Å². The molecule has 0 aliphatic heterocycles. The first-order valence-electron chi connectivity index (χ1n) is 4.74. The van der Waals surface area contributed by atoms with Crippen LogP contribution in [-0.4, -0.2) is 0 Å². The molecule has 0 spiro atoms. The molecule has 0 aliphatic carbocycles. The summed E-state index contributed by atoms with van der Waals surface area (Å²) in [7, 11) is 0. The van der Waals surface area contributed by atoms with E-state index in [-0.39, 0.29) is 5.75 Å². The van der Waals surface area contributed by atoms with Gasteiger partial charge in [0, 0.05) is 10.5 Å². The van der Waals surface area contributed by atoms with Crippen LogP contribution in [0.15, 0.2) is 40.9 Å². The van der Waals surface area contributed by atoms with Crippen LogP contribution in [0.2, 0.25) is 0 Å². The lowest BCUT2D eigenvalue weighted by Gasteiger charge is -2.08. The minimum Gasteiger partial charge on any atom is -0.455 e. The van der Waals surface area contributed by atoms with Crippen molar-refractivity contribution in [1.29, 1.82) is 0 Å². The SMILES string of the molecule is Nc1ccc(Br)cc1Oc1ccc(F)c(F)c1. The average molecular weight is 300 g/mol. The van der Waals surface area contributed by atoms with Gasteiger partial charge in [0.1, 0.15) is 5.75 Å². The van der Waals surface area contributed by atoms with Gasteiger partial charge >= 0.3 is 0 Å². The minimum atomic E-state index is -0.962. The molecule has 0 heterocycles. The molecule has 0 unspecified atom stereocenters. The van der Waals surface area contributed by atoms with Crippen LogP contribution in [0, 0.1) is 11.6 Å². The van der Waals surface area contributed by atoms with E-state index in [0.717, 1.165) is 16.6 Å². The van der Waals surface area contributed by atoms with E-state index in [1.54, 1.807) is 18.2 Å². The molecule has 2 aromatic rings. The Labute approximate surface area is 105 Å². The number of nitrogen functional groups attached to an aromatic ring is 1. The van der Waals surface area contributed by atoms with Gasteiger partial charge in [0.25, 0.3) is 0 Å². The lowest BCUT2D eigenvalue weighted by Crippen LogP contribution is -1.93. The zero-order valence-electron chi connectivity index (χ0n) is 8.58. The molecule has 0 saturated heterocycles. The number of anilines is 1. The summed E-state index contributed by atoms with van der Waals surface area (Å²) in [5.41, 5.74) is 6.11. The highest BCUT2D eigenvalue weighted by Gasteiger charge is 2.06. The topological polar surface area (TPSA) is 35.2 Å². The average Bonchev–Trinajstić information content (AvgIpc) is 2.29. The van der Waals surface area contributed by atoms with E-state index in [1.165, 1.54) is 6.07 Å². The molecule has 0 bridgehead atoms. The van der Waals surface area contributed by atoms with Crippen molar-refractivity contribution in [3.05, 3.63) is 52.5 Å². The molecule has 5 heteroatoms. The van der Waals surface area contributed by atoms with Crippen LogP contribution in [-0.2, 0) is 0 Å². The quantitative estimate of drug-likeness (QED) is 0.847. The molecule has 2 nitrogen and oxygen atoms in total. The van der Waals surface area contributed by atoms with Crippen molar-refractivity contribution < 1.29 is 13.5 Å². The van der Waals surface area contributed by atoms with E-state index in [4.69, 9.17) is 10.5 Å². The van der Waals surface area contributed by atoms with Gasteiger partial charge in [0.15, 0.2) is 17.4 Å². The Hall–Kier alpha value is -1.62. The van der Waals surface area contributed by atoms with Gasteiger partial charge in [-0.1, -0.05) is 15.9 Å². The number of benzene rings is 2. The normalized spacial score (nSPS) is 10.3. The standard InChI is InChI=1S/C12H8BrF2NO/c13-7-1-4-11(16)12(5-7)17-8-2-3-9(14)10(15)6-8/h1-6H,16H2. The molecule has 0 saturated carbocycles. The second-order valence-corrected chi connectivity index (χ2v) is 4.28. The Morgan fingerprint density at radius 2 is 1.76 bits per heavy atom. The van der Waals surface area contributed by atoms with Crippen LogP contribution < -0.4 is 10.5 Å². The summed E-state index contributed by atoms with van der Waals surface area (Å²) in [6, 6.07) is 8.36. The van der Waals surface area contributed by atoms with Crippen molar-refractivity contribution in [3.8, 4) is 11.5 Å². The van der Waals surface area contributed by atoms with Crippen LogP contribution in [0.25, 0.3) is 0 Å². The van der Waals surface area contributed by atoms with Gasteiger partial charge in [0.05, 0.1) is 5.69 Å². The molecule has 0 fully saturated rings. The monoisotopic (exact) mass is 299 g/mol. The Bertz CT molecular complexity index is 560. The van der Waals surface area contributed by atoms with Gasteiger partial charge in [-0.15, -0.1) is 0 Å². The van der Waals surface area contributed by atoms with Crippen molar-refractivity contribution in [1.82, 2.24) is 0 Å². The zero-order valence-corrected chi connectivity index (χ0v) is 10.2. The van der Waals surface area contributed by atoms with Crippen molar-refractivity contribution in [2.24, 2.45) is 0 Å². The van der Waals surface area contributed by atoms with Gasteiger partial charge < -0.3 is 10.5 Å². The number of ether oxygens (including phenoxy) is 1. The van der Waals surface area contributed by atoms with E-state index in [2.05, 4.69) is 15.9 Å². The Morgan fingerprint density at radius 1 is 1.00 bits per heavy atom. The molecule has 88 valence electrons. The van der Waals surface area contributed by atoms with Crippen LogP contribution in [0.3, 0.4) is 0 Å². The van der Waals surface area contributed by atoms with Crippen LogP contribution in [0.4, 0.5) is 14.5 Å². The van der Waals surface area contributed by atoms with E-state index < -0.39 is 11.6 Å². The van der Waals surface area contributed by atoms with Crippen LogP contribution in [0.1, 0.15) is 0 Å². The third kappa shape index (κ3) is 2.74. The number of hydrogen-bond donors (Lipinski definition) is 1. The summed E-state index contributed by atoms with van der Waals surface area (Å²) < 4.78 is 31.8. The lowest BCUT2D eigenvalue weighted by molar-refractivity contribution is 0.463. The fraction of sp³-hybridized carbons (Fsp3) is 0. The summed E-state index contributed by atoms with van der Waals surface area (Å²) in [6.07, 6.45) is 0. The fourth-order valence-corrected chi connectivity index (χ4v) is 1.60. The Balaban J connectivity index is 2.31. The van der Waals surface area contributed by atoms with Crippen LogP contribution in [0.5, 0.6) is 11.5 Å². The summed E-state index contributed by atoms with van der Waals surface area (Å²) >= 11 is 3.27. The van der Waals surface area contributed by atoms with Crippen molar-refractivity contribution >= 4 is 21.6 Å². The van der Waals surface area contributed by atoms with Crippen molar-refractivity contribution in [2.75, 3.05) is 5.73 Å². The summed E-state index contributed by atoms with van der Waals surface area (Å²) in [5, 5.41) is 0. The maximum atomic E-state index is 13.0. The fourth-order valence-electron chi connectivity index (χ4n) is 1.26. The molecule has 2 aromatic carbocycles. The Morgan fingerprint density at radius 3 is 2.47 bits per heavy atom. The lowest BCUT2D eigenvalue weighted by atomic mass is 10.3. The first kappa shape index (κ1) is 11.9. The predicted molar refractivity (Wildman–Crippen MR) is 65.0 cm³/mol. The smallest absolute Gasteiger partial charge is 0.162 e. The van der Waals surface area contributed by atoms with Gasteiger partial charge in [-0.3, -0.25) is 0 Å². The Kier molecular flexibility index (Phi) is 3.28. The maximum absolute atomic E-state index is 13.0. The van der Waals surface area contributed by atoms with Gasteiger partial charge in [-0.05, 0) is 30.3 Å². The number of hydrogen-bond acceptors (Lipinski definition) is 2. The third-order valence-electron chi connectivity index (χ3n) is 2.09. The highest BCUT2D eigenvalue weighted by atomic mass is 79.9. The number of halogens is 3. The van der Waals surface area contributed by atoms with E-state index in [0.29, 0.717) is 11.4 Å². The predicted octanol–water partition coefficient (Wildman–Crippen LogP) is 4.10. The molecule has 17 heavy (non-hydrogen) atoms. The second kappa shape index (κ2) is 4.71. The van der Waals surface area contributed by atoms with Crippen LogP contribution >= 0.6 is 15.9 Å². The van der Waals surface area contributed by atoms with Gasteiger partial charge in [-0.25, -0.2) is 8.78 Å². The maximum Gasteiger partial charge on any atom is 0.162 e. The molecule has 0 amide bonds. The van der Waals surface area contributed by atoms with E-state index in [9.17, 15) is 8.78 Å². The summed E-state index contributed by atoms with van der Waals surface area (Å²) in [5.74, 6) is -1.31. The molecular formula is C12H8BrF2NO. The molecule has 0 radical (unpaired) electrons. The third-order valence-corrected chi connectivity index (χ3v) is 2.59. The first-order chi connectivity index (χ1) is 8.06. The second-order valence-electron chi connectivity index (χ2n) is 3.36. The molecule has 0 aliphatic rings. The van der Waals surface area contributed by atoms with Gasteiger partial charge in [-0.2, -0.15) is 0 Å². The number of nitrogens with two attached hydrogens (primary N) is 1. The molecule has 2 rings (SSSR count). The molecular weight excluding hydrogens is 292 g/mol. The minimum absolute atomic E-state index is 0.189. The van der Waals surface area contributed by atoms with Gasteiger partial charge in [0.2, 0.25) is 0 Å². The summed E-state index contributed by atoms with van der Waals surface area (Å²) in [6.45, 7) is 0. The molecule has 0 atom stereocenters. The highest BCUT2D eigenvalue weighted by Crippen LogP contribution is 2.30.